The van der Waals surface area contributed by atoms with Gasteiger partial charge in [0.2, 0.25) is 0 Å². The number of fused-ring (bicyclic) bond motifs is 2. The molecule has 6 aromatic rings. The van der Waals surface area contributed by atoms with Gasteiger partial charge in [0.15, 0.2) is 23.8 Å². The summed E-state index contributed by atoms with van der Waals surface area (Å²) < 4.78 is 50.0. The fraction of sp³-hybridized carbons (Fsp3) is 0.133. The van der Waals surface area contributed by atoms with E-state index in [1.165, 1.54) is 22.5 Å². The summed E-state index contributed by atoms with van der Waals surface area (Å²) in [6.45, 7) is 2.17. The number of benzene rings is 3. The van der Waals surface area contributed by atoms with Crippen molar-refractivity contribution >= 4 is 28.0 Å². The number of ether oxygens (including phenoxy) is 1. The van der Waals surface area contributed by atoms with Crippen LogP contribution in [0.15, 0.2) is 91.3 Å². The Kier molecular flexibility index (Phi) is 6.62. The zero-order valence-electron chi connectivity index (χ0n) is 21.8. The number of carbonyl (C=O) groups excluding carboxylic acids is 1. The average Bonchev–Trinajstić information content (AvgIpc) is 3.62. The van der Waals surface area contributed by atoms with Gasteiger partial charge >= 0.3 is 6.18 Å². The molecule has 6 rings (SSSR count). The molecule has 3 aromatic carbocycles. The van der Waals surface area contributed by atoms with E-state index < -0.39 is 17.8 Å². The quantitative estimate of drug-likeness (QED) is 0.239. The highest BCUT2D eigenvalue weighted by molar-refractivity contribution is 6.03. The molecule has 0 atom stereocenters. The Morgan fingerprint density at radius 1 is 0.976 bits per heavy atom. The summed E-state index contributed by atoms with van der Waals surface area (Å²) in [5, 5.41) is 12.5. The summed E-state index contributed by atoms with van der Waals surface area (Å²) in [5.41, 5.74) is 0.785. The number of halogens is 3. The minimum absolute atomic E-state index is 0.103. The molecule has 0 aliphatic rings. The predicted octanol–water partition coefficient (Wildman–Crippen LogP) is 6.62. The van der Waals surface area contributed by atoms with Crippen LogP contribution in [-0.4, -0.2) is 30.3 Å². The van der Waals surface area contributed by atoms with E-state index in [1.54, 1.807) is 18.3 Å². The molecule has 41 heavy (non-hydrogen) atoms. The minimum Gasteiger partial charge on any atom is -0.471 e. The van der Waals surface area contributed by atoms with Crippen molar-refractivity contribution in [2.45, 2.75) is 26.3 Å². The Morgan fingerprint density at radius 3 is 2.51 bits per heavy atom. The fourth-order valence-corrected chi connectivity index (χ4v) is 4.44. The maximum Gasteiger partial charge on any atom is 0.433 e. The van der Waals surface area contributed by atoms with E-state index in [0.717, 1.165) is 23.3 Å². The first-order valence-electron chi connectivity index (χ1n) is 12.8. The van der Waals surface area contributed by atoms with Gasteiger partial charge in [-0.25, -0.2) is 14.2 Å². The van der Waals surface area contributed by atoms with Gasteiger partial charge in [0, 0.05) is 11.6 Å². The molecule has 0 saturated heterocycles. The first-order valence-corrected chi connectivity index (χ1v) is 12.8. The van der Waals surface area contributed by atoms with Crippen LogP contribution in [0.2, 0.25) is 0 Å². The topological polar surface area (TPSA) is 86.3 Å². The lowest BCUT2D eigenvalue weighted by Crippen LogP contribution is -2.15. The Balaban J connectivity index is 1.23. The lowest BCUT2D eigenvalue weighted by Gasteiger charge is -2.11. The largest absolute Gasteiger partial charge is 0.471 e. The van der Waals surface area contributed by atoms with Gasteiger partial charge < -0.3 is 10.1 Å². The Morgan fingerprint density at radius 2 is 1.76 bits per heavy atom. The molecule has 0 fully saturated rings. The van der Waals surface area contributed by atoms with Gasteiger partial charge in [-0.1, -0.05) is 55.5 Å². The van der Waals surface area contributed by atoms with Crippen LogP contribution in [0.1, 0.15) is 28.7 Å². The van der Waals surface area contributed by atoms with Crippen LogP contribution in [0.3, 0.4) is 0 Å². The van der Waals surface area contributed by atoms with Gasteiger partial charge in [-0.15, -0.1) is 0 Å². The van der Waals surface area contributed by atoms with Gasteiger partial charge in [0.1, 0.15) is 5.75 Å². The summed E-state index contributed by atoms with van der Waals surface area (Å²) in [6, 6.07) is 22.7. The molecule has 1 amide bonds. The number of hydrogen-bond acceptors (Lipinski definition) is 5. The van der Waals surface area contributed by atoms with Crippen molar-refractivity contribution in [3.63, 3.8) is 0 Å². The van der Waals surface area contributed by atoms with Gasteiger partial charge in [-0.3, -0.25) is 4.79 Å². The molecule has 0 unspecified atom stereocenters. The number of nitrogens with zero attached hydrogens (tertiary/aromatic N) is 5. The van der Waals surface area contributed by atoms with E-state index in [0.29, 0.717) is 21.5 Å². The molecular weight excluding hydrogens is 533 g/mol. The highest BCUT2D eigenvalue weighted by Crippen LogP contribution is 2.33. The van der Waals surface area contributed by atoms with E-state index in [9.17, 15) is 18.0 Å². The molecule has 3 aromatic heterocycles. The van der Waals surface area contributed by atoms with E-state index in [2.05, 4.69) is 27.4 Å². The number of aromatic nitrogens is 5. The highest BCUT2D eigenvalue weighted by Gasteiger charge is 2.35. The summed E-state index contributed by atoms with van der Waals surface area (Å²) in [5.74, 6) is -0.0319. The third kappa shape index (κ3) is 5.46. The van der Waals surface area contributed by atoms with Gasteiger partial charge in [0.05, 0.1) is 23.8 Å². The van der Waals surface area contributed by atoms with Crippen molar-refractivity contribution in [1.82, 2.24) is 24.4 Å². The number of anilines is 1. The highest BCUT2D eigenvalue weighted by atomic mass is 19.4. The van der Waals surface area contributed by atoms with Gasteiger partial charge in [-0.05, 0) is 47.0 Å². The van der Waals surface area contributed by atoms with Gasteiger partial charge in [-0.2, -0.15) is 23.4 Å². The molecule has 8 nitrogen and oxygen atoms in total. The standard InChI is InChI=1S/C30H23F3N6O2/c1-2-19-7-11-24(12-8-19)41-18-38-17-23(16-34-38)35-29(40)26-15-28-36-25(14-27(30(31,32)33)39(28)37-26)22-10-9-20-5-3-4-6-21(20)13-22/h3-17H,2,18H2,1H3,(H,35,40). The molecule has 11 heteroatoms. The minimum atomic E-state index is -4.73. The number of aryl methyl sites for hydroxylation is 1. The zero-order valence-corrected chi connectivity index (χ0v) is 21.8. The molecule has 3 heterocycles. The predicted molar refractivity (Wildman–Crippen MR) is 148 cm³/mol. The van der Waals surface area contributed by atoms with Crippen molar-refractivity contribution in [3.05, 3.63) is 108 Å². The summed E-state index contributed by atoms with van der Waals surface area (Å²) in [7, 11) is 0. The third-order valence-corrected chi connectivity index (χ3v) is 6.58. The summed E-state index contributed by atoms with van der Waals surface area (Å²) in [6.07, 6.45) is -0.849. The molecule has 1 N–H and O–H groups in total. The summed E-state index contributed by atoms with van der Waals surface area (Å²) >= 11 is 0. The van der Waals surface area contributed by atoms with Crippen LogP contribution < -0.4 is 10.1 Å². The van der Waals surface area contributed by atoms with Crippen molar-refractivity contribution in [1.29, 1.82) is 0 Å². The smallest absolute Gasteiger partial charge is 0.433 e. The number of nitrogens with one attached hydrogen (secondary N) is 1. The first kappa shape index (κ1) is 26.1. The number of rotatable bonds is 7. The Labute approximate surface area is 232 Å². The Hall–Kier alpha value is -5.19. The van der Waals surface area contributed by atoms with Crippen LogP contribution in [0.4, 0.5) is 18.9 Å². The van der Waals surface area contributed by atoms with Crippen molar-refractivity contribution in [3.8, 4) is 17.0 Å². The maximum atomic E-state index is 14.0. The van der Waals surface area contributed by atoms with Crippen LogP contribution in [0, 0.1) is 0 Å². The average molecular weight is 557 g/mol. The number of amides is 1. The molecule has 0 bridgehead atoms. The first-order chi connectivity index (χ1) is 19.8. The third-order valence-electron chi connectivity index (χ3n) is 6.58. The lowest BCUT2D eigenvalue weighted by molar-refractivity contribution is -0.142. The molecule has 0 spiro atoms. The maximum absolute atomic E-state index is 14.0. The number of hydrogen-bond donors (Lipinski definition) is 1. The van der Waals surface area contributed by atoms with E-state index >= 15 is 0 Å². The van der Waals surface area contributed by atoms with E-state index in [4.69, 9.17) is 4.74 Å². The van der Waals surface area contributed by atoms with Crippen LogP contribution in [0.25, 0.3) is 27.7 Å². The lowest BCUT2D eigenvalue weighted by atomic mass is 10.0. The number of carbonyl (C=O) groups is 1. The molecular formula is C30H23F3N6O2. The molecule has 0 saturated carbocycles. The molecule has 206 valence electrons. The van der Waals surface area contributed by atoms with Crippen molar-refractivity contribution in [2.75, 3.05) is 5.32 Å². The second-order valence-corrected chi connectivity index (χ2v) is 9.38. The second-order valence-electron chi connectivity index (χ2n) is 9.38. The van der Waals surface area contributed by atoms with Crippen LogP contribution in [-0.2, 0) is 19.3 Å². The monoisotopic (exact) mass is 556 g/mol. The zero-order chi connectivity index (χ0) is 28.6. The second kappa shape index (κ2) is 10.4. The normalized spacial score (nSPS) is 11.7. The molecule has 0 radical (unpaired) electrons. The van der Waals surface area contributed by atoms with Gasteiger partial charge in [0.25, 0.3) is 5.91 Å². The van der Waals surface area contributed by atoms with E-state index in [1.807, 2.05) is 54.6 Å². The molecule has 0 aliphatic carbocycles. The van der Waals surface area contributed by atoms with E-state index in [-0.39, 0.29) is 23.8 Å². The fourth-order valence-electron chi connectivity index (χ4n) is 4.44. The number of alkyl halides is 3. The summed E-state index contributed by atoms with van der Waals surface area (Å²) in [4.78, 5) is 17.3. The van der Waals surface area contributed by atoms with Crippen molar-refractivity contribution in [2.24, 2.45) is 0 Å². The van der Waals surface area contributed by atoms with Crippen LogP contribution in [0.5, 0.6) is 5.75 Å². The SMILES string of the molecule is CCc1ccc(OCn2cc(NC(=O)c3cc4nc(-c5ccc6ccccc6c5)cc(C(F)(F)F)n4n3)cn2)cc1. The Bertz CT molecular complexity index is 1880. The molecule has 0 aliphatic heterocycles. The van der Waals surface area contributed by atoms with Crippen LogP contribution >= 0.6 is 0 Å². The van der Waals surface area contributed by atoms with Crippen molar-refractivity contribution < 1.29 is 22.7 Å².